The summed E-state index contributed by atoms with van der Waals surface area (Å²) in [5.41, 5.74) is 0.625. The molecule has 27 heavy (non-hydrogen) atoms. The largest absolute Gasteiger partial charge is 0.298 e. The molecule has 2 nitrogen and oxygen atoms in total. The van der Waals surface area contributed by atoms with Crippen LogP contribution in [0, 0.1) is 51.8 Å². The van der Waals surface area contributed by atoms with Crippen molar-refractivity contribution < 1.29 is 9.59 Å². The molecule has 9 aliphatic rings. The van der Waals surface area contributed by atoms with Gasteiger partial charge in [0.1, 0.15) is 5.78 Å². The van der Waals surface area contributed by atoms with Gasteiger partial charge in [-0.05, 0) is 99.7 Å². The molecule has 0 aliphatic heterocycles. The number of hydrogen-bond donors (Lipinski definition) is 0. The standard InChI is InChI=1S/C25H34O2/c1-14-8-12-25-13-10-20(25)21(26)24(3)18-9-11-23(2)16(14)6-7-17(23)15(18)4-5-19(24)22(25)27/h5,14-18,20H,4,6-13H2,1-3H3/t14?,15-,16+,17+,18?,20?,23+,24+,25?/m0/s1. The van der Waals surface area contributed by atoms with Crippen LogP contribution in [0.5, 0.6) is 0 Å². The number of carbonyl (C=O) groups is 2. The fourth-order valence-corrected chi connectivity index (χ4v) is 9.64. The topological polar surface area (TPSA) is 34.1 Å². The predicted octanol–water partition coefficient (Wildman–Crippen LogP) is 5.36. The smallest absolute Gasteiger partial charge is 0.166 e. The summed E-state index contributed by atoms with van der Waals surface area (Å²) in [6.07, 6.45) is 12.5. The second kappa shape index (κ2) is 4.97. The molecule has 146 valence electrons. The molecule has 0 aromatic carbocycles. The van der Waals surface area contributed by atoms with Crippen molar-refractivity contribution in [3.63, 3.8) is 0 Å². The lowest BCUT2D eigenvalue weighted by Crippen LogP contribution is -2.65. The summed E-state index contributed by atoms with van der Waals surface area (Å²) in [6.45, 7) is 7.23. The predicted molar refractivity (Wildman–Crippen MR) is 105 cm³/mol. The Labute approximate surface area is 163 Å². The monoisotopic (exact) mass is 366 g/mol. The summed E-state index contributed by atoms with van der Waals surface area (Å²) in [4.78, 5) is 27.7. The van der Waals surface area contributed by atoms with Crippen LogP contribution < -0.4 is 0 Å². The summed E-state index contributed by atoms with van der Waals surface area (Å²) in [5, 5.41) is 0. The Kier molecular flexibility index (Phi) is 3.13. The Morgan fingerprint density at radius 2 is 1.63 bits per heavy atom. The van der Waals surface area contributed by atoms with Gasteiger partial charge in [0.05, 0.1) is 5.41 Å². The van der Waals surface area contributed by atoms with Crippen molar-refractivity contribution in [1.29, 1.82) is 0 Å². The number of Topliss-reactive ketones (excluding diaryl/α,β-unsaturated/α-hetero) is 2. The third-order valence-corrected chi connectivity index (χ3v) is 11.2. The van der Waals surface area contributed by atoms with E-state index in [4.69, 9.17) is 0 Å². The molecule has 9 rings (SSSR count). The van der Waals surface area contributed by atoms with E-state index in [1.54, 1.807) is 0 Å². The minimum absolute atomic E-state index is 0.0310. The van der Waals surface area contributed by atoms with Crippen molar-refractivity contribution in [1.82, 2.24) is 0 Å². The van der Waals surface area contributed by atoms with E-state index >= 15 is 0 Å². The van der Waals surface area contributed by atoms with Crippen LogP contribution in [0.25, 0.3) is 0 Å². The van der Waals surface area contributed by atoms with E-state index in [-0.39, 0.29) is 11.3 Å². The van der Waals surface area contributed by atoms with Crippen molar-refractivity contribution in [2.75, 3.05) is 0 Å². The normalized spacial score (nSPS) is 58.4. The van der Waals surface area contributed by atoms with Gasteiger partial charge in [-0.15, -0.1) is 0 Å². The van der Waals surface area contributed by atoms with Gasteiger partial charge in [-0.3, -0.25) is 9.59 Å². The Morgan fingerprint density at radius 1 is 0.889 bits per heavy atom. The number of hydrogen-bond acceptors (Lipinski definition) is 2. The maximum Gasteiger partial charge on any atom is 0.166 e. The molecule has 7 saturated carbocycles. The van der Waals surface area contributed by atoms with Gasteiger partial charge < -0.3 is 0 Å². The molecule has 8 bridgehead atoms. The van der Waals surface area contributed by atoms with Crippen LogP contribution in [-0.4, -0.2) is 11.6 Å². The lowest BCUT2D eigenvalue weighted by Gasteiger charge is -2.63. The van der Waals surface area contributed by atoms with Crippen LogP contribution >= 0.6 is 0 Å². The molecule has 0 radical (unpaired) electrons. The number of rotatable bonds is 0. The molecule has 0 heterocycles. The van der Waals surface area contributed by atoms with Gasteiger partial charge in [-0.2, -0.15) is 0 Å². The summed E-state index contributed by atoms with van der Waals surface area (Å²) in [5.74, 6) is 4.19. The quantitative estimate of drug-likeness (QED) is 0.578. The van der Waals surface area contributed by atoms with Gasteiger partial charge in [0.25, 0.3) is 0 Å². The average molecular weight is 367 g/mol. The highest BCUT2D eigenvalue weighted by molar-refractivity contribution is 6.15. The molecule has 9 atom stereocenters. The highest BCUT2D eigenvalue weighted by atomic mass is 16.1. The Hall–Kier alpha value is -0.920. The first-order chi connectivity index (χ1) is 12.8. The van der Waals surface area contributed by atoms with Crippen LogP contribution in [0.2, 0.25) is 0 Å². The Morgan fingerprint density at radius 3 is 2.37 bits per heavy atom. The second-order valence-corrected chi connectivity index (χ2v) is 11.6. The van der Waals surface area contributed by atoms with Gasteiger partial charge in [0, 0.05) is 16.9 Å². The Bertz CT molecular complexity index is 779. The van der Waals surface area contributed by atoms with E-state index in [0.717, 1.165) is 55.9 Å². The summed E-state index contributed by atoms with van der Waals surface area (Å²) in [7, 11) is 0. The molecule has 4 unspecified atom stereocenters. The average Bonchev–Trinajstić information content (AvgIpc) is 2.97. The first-order valence-electron chi connectivity index (χ1n) is 11.6. The van der Waals surface area contributed by atoms with Crippen molar-refractivity contribution in [2.45, 2.75) is 78.6 Å². The molecule has 0 aromatic heterocycles. The molecule has 2 heteroatoms. The van der Waals surface area contributed by atoms with Crippen molar-refractivity contribution in [3.8, 4) is 0 Å². The maximum atomic E-state index is 13.9. The lowest BCUT2D eigenvalue weighted by molar-refractivity contribution is -0.169. The first-order valence-corrected chi connectivity index (χ1v) is 11.6. The molecular formula is C25H34O2. The fourth-order valence-electron chi connectivity index (χ4n) is 9.64. The number of fused-ring (bicyclic) bond motifs is 2. The van der Waals surface area contributed by atoms with E-state index in [1.807, 2.05) is 0 Å². The molecule has 0 aromatic rings. The molecule has 7 fully saturated rings. The molecule has 9 aliphatic carbocycles. The van der Waals surface area contributed by atoms with Gasteiger partial charge >= 0.3 is 0 Å². The minimum Gasteiger partial charge on any atom is -0.298 e. The van der Waals surface area contributed by atoms with Crippen molar-refractivity contribution >= 4 is 11.6 Å². The molecular weight excluding hydrogens is 332 g/mol. The van der Waals surface area contributed by atoms with Gasteiger partial charge in [0.15, 0.2) is 5.78 Å². The van der Waals surface area contributed by atoms with E-state index in [9.17, 15) is 9.59 Å². The summed E-state index contributed by atoms with van der Waals surface area (Å²) >= 11 is 0. The molecule has 0 saturated heterocycles. The highest BCUT2D eigenvalue weighted by Crippen LogP contribution is 2.71. The summed E-state index contributed by atoms with van der Waals surface area (Å²) < 4.78 is 0. The zero-order valence-electron chi connectivity index (χ0n) is 17.2. The van der Waals surface area contributed by atoms with E-state index in [0.29, 0.717) is 34.7 Å². The maximum absolute atomic E-state index is 13.9. The third kappa shape index (κ3) is 1.68. The van der Waals surface area contributed by atoms with E-state index in [1.165, 1.54) is 19.3 Å². The number of ketones is 2. The van der Waals surface area contributed by atoms with Crippen LogP contribution in [0.3, 0.4) is 0 Å². The zero-order valence-corrected chi connectivity index (χ0v) is 17.2. The molecule has 0 amide bonds. The third-order valence-electron chi connectivity index (χ3n) is 11.2. The second-order valence-electron chi connectivity index (χ2n) is 11.6. The highest BCUT2D eigenvalue weighted by Gasteiger charge is 2.70. The van der Waals surface area contributed by atoms with E-state index < -0.39 is 5.41 Å². The minimum atomic E-state index is -0.473. The van der Waals surface area contributed by atoms with Crippen LogP contribution in [0.1, 0.15) is 78.6 Å². The Balaban J connectivity index is 1.58. The van der Waals surface area contributed by atoms with E-state index in [2.05, 4.69) is 26.8 Å². The number of carbonyl (C=O) groups excluding carboxylic acids is 2. The zero-order chi connectivity index (χ0) is 18.8. The number of allylic oxidation sites excluding steroid dienone is 2. The molecule has 0 N–H and O–H groups in total. The fraction of sp³-hybridized carbons (Fsp3) is 0.840. The molecule has 1 spiro atoms. The van der Waals surface area contributed by atoms with Gasteiger partial charge in [0.2, 0.25) is 0 Å². The van der Waals surface area contributed by atoms with Gasteiger partial charge in [-0.25, -0.2) is 0 Å². The van der Waals surface area contributed by atoms with Crippen LogP contribution in [-0.2, 0) is 9.59 Å². The first kappa shape index (κ1) is 17.0. The summed E-state index contributed by atoms with van der Waals surface area (Å²) in [6, 6.07) is 0. The SMILES string of the molecule is CC1CCC23CCC2C(=O)[C@@]2(C)C(=CC[C@@H]4C2CC[C@]2(C)[C@@H]1CC[C@H]42)C3=O. The lowest BCUT2D eigenvalue weighted by atomic mass is 9.38. The van der Waals surface area contributed by atoms with Crippen molar-refractivity contribution in [2.24, 2.45) is 51.8 Å². The van der Waals surface area contributed by atoms with Gasteiger partial charge in [-0.1, -0.05) is 19.9 Å². The van der Waals surface area contributed by atoms with Crippen molar-refractivity contribution in [3.05, 3.63) is 11.6 Å². The van der Waals surface area contributed by atoms with Crippen LogP contribution in [0.15, 0.2) is 11.6 Å². The van der Waals surface area contributed by atoms with Crippen LogP contribution in [0.4, 0.5) is 0 Å².